The third-order valence-corrected chi connectivity index (χ3v) is 13.2. The number of rotatable bonds is 4. The second-order valence-corrected chi connectivity index (χ2v) is 16.5. The van der Waals surface area contributed by atoms with Crippen LogP contribution in [-0.2, 0) is 52.2 Å². The monoisotopic (exact) mass is 714 g/mol. The maximum absolute atomic E-state index is 14.0. The number of ketones is 1. The molecule has 11 bridgehead atoms. The standard InChI is InChI=1S/C40H58O11/c1-6-28-36-38-40(48-28)39-37-30(49-38)11-8-26(46-37)17-23(42)18-27-33(47-31(13-14-41)35(27)43-5)19-32-22(4)20(2)15-24(45-32)7-10-29-21(3)16-25(44-29)9-12-34(50-36)51-39/h14,20,24-40H,3-4,6-13,15-19H2,1-2,5H3/t20?,24?,25-,26?,27?,28?,29-,30?,31?,32?,33?,34-,35+,36?,37-,38-,39?,40?/m0/s1. The van der Waals surface area contributed by atoms with Crippen LogP contribution in [0.4, 0.5) is 0 Å². The Hall–Kier alpha value is -1.54. The number of carbonyl (C=O) groups excluding carboxylic acids is 2. The second-order valence-electron chi connectivity index (χ2n) is 16.5. The molecule has 0 spiro atoms. The highest BCUT2D eigenvalue weighted by Gasteiger charge is 2.61. The van der Waals surface area contributed by atoms with Crippen molar-refractivity contribution in [3.8, 4) is 0 Å². The van der Waals surface area contributed by atoms with Gasteiger partial charge in [-0.2, -0.15) is 0 Å². The largest absolute Gasteiger partial charge is 0.378 e. The Balaban J connectivity index is 1.06. The molecule has 284 valence electrons. The quantitative estimate of drug-likeness (QED) is 0.291. The van der Waals surface area contributed by atoms with Gasteiger partial charge in [0.2, 0.25) is 0 Å². The molecular formula is C40H58O11. The minimum Gasteiger partial charge on any atom is -0.378 e. The summed E-state index contributed by atoms with van der Waals surface area (Å²) in [5.74, 6) is 0.157. The minimum absolute atomic E-state index is 0.0127. The van der Waals surface area contributed by atoms with Gasteiger partial charge >= 0.3 is 0 Å². The zero-order chi connectivity index (χ0) is 35.4. The first-order chi connectivity index (χ1) is 24.7. The summed E-state index contributed by atoms with van der Waals surface area (Å²) >= 11 is 0. The first kappa shape index (κ1) is 36.4. The lowest BCUT2D eigenvalue weighted by Gasteiger charge is -2.47. The van der Waals surface area contributed by atoms with Gasteiger partial charge in [-0.15, -0.1) is 0 Å². The number of hydrogen-bond acceptors (Lipinski definition) is 11. The average Bonchev–Trinajstić information content (AvgIpc) is 3.73. The van der Waals surface area contributed by atoms with Gasteiger partial charge in [0.15, 0.2) is 6.29 Å². The first-order valence-electron chi connectivity index (χ1n) is 19.8. The van der Waals surface area contributed by atoms with Crippen molar-refractivity contribution in [1.29, 1.82) is 0 Å². The van der Waals surface area contributed by atoms with Gasteiger partial charge in [0.1, 0.15) is 42.6 Å². The molecule has 0 amide bonds. The highest BCUT2D eigenvalue weighted by atomic mass is 16.7. The molecule has 0 N–H and O–H groups in total. The Labute approximate surface area is 302 Å². The number of aldehydes is 1. The third kappa shape index (κ3) is 7.21. The lowest BCUT2D eigenvalue weighted by molar-refractivity contribution is -0.283. The summed E-state index contributed by atoms with van der Waals surface area (Å²) in [5.41, 5.74) is 2.19. The van der Waals surface area contributed by atoms with Crippen molar-refractivity contribution in [2.45, 2.75) is 195 Å². The van der Waals surface area contributed by atoms with Crippen molar-refractivity contribution >= 4 is 12.1 Å². The Morgan fingerprint density at radius 3 is 2.24 bits per heavy atom. The molecule has 0 aliphatic carbocycles. The number of hydrogen-bond donors (Lipinski definition) is 0. The molecule has 0 radical (unpaired) electrons. The molecule has 8 heterocycles. The summed E-state index contributed by atoms with van der Waals surface area (Å²) < 4.78 is 59.3. The Morgan fingerprint density at radius 2 is 1.43 bits per heavy atom. The zero-order valence-corrected chi connectivity index (χ0v) is 30.6. The van der Waals surface area contributed by atoms with E-state index in [1.54, 1.807) is 7.11 Å². The molecule has 0 aromatic heterocycles. The van der Waals surface area contributed by atoms with E-state index in [0.29, 0.717) is 12.8 Å². The van der Waals surface area contributed by atoms with Crippen molar-refractivity contribution in [3.05, 3.63) is 24.3 Å². The van der Waals surface area contributed by atoms with E-state index in [9.17, 15) is 9.59 Å². The summed E-state index contributed by atoms with van der Waals surface area (Å²) in [5, 5.41) is 0. The number of ether oxygens (including phenoxy) is 9. The van der Waals surface area contributed by atoms with Gasteiger partial charge in [0.05, 0.1) is 61.0 Å². The van der Waals surface area contributed by atoms with E-state index in [1.807, 2.05) is 0 Å². The van der Waals surface area contributed by atoms with Gasteiger partial charge in [-0.3, -0.25) is 4.79 Å². The van der Waals surface area contributed by atoms with Crippen LogP contribution in [0.15, 0.2) is 24.3 Å². The van der Waals surface area contributed by atoms with Crippen LogP contribution in [-0.4, -0.2) is 117 Å². The first-order valence-corrected chi connectivity index (χ1v) is 19.8. The average molecular weight is 715 g/mol. The smallest absolute Gasteiger partial charge is 0.158 e. The van der Waals surface area contributed by atoms with E-state index >= 15 is 0 Å². The molecule has 8 aliphatic heterocycles. The molecule has 8 aliphatic rings. The van der Waals surface area contributed by atoms with Gasteiger partial charge in [0.25, 0.3) is 0 Å². The number of fused-ring (bicyclic) bond motifs is 7. The molecular weight excluding hydrogens is 656 g/mol. The topological polar surface area (TPSA) is 117 Å². The van der Waals surface area contributed by atoms with Crippen molar-refractivity contribution in [3.63, 3.8) is 0 Å². The molecule has 12 unspecified atom stereocenters. The maximum Gasteiger partial charge on any atom is 0.158 e. The van der Waals surface area contributed by atoms with E-state index in [0.717, 1.165) is 68.8 Å². The number of carbonyl (C=O) groups is 2. The van der Waals surface area contributed by atoms with Crippen LogP contribution < -0.4 is 0 Å². The molecule has 0 aromatic rings. The Bertz CT molecular complexity index is 1300. The zero-order valence-electron chi connectivity index (χ0n) is 30.6. The molecule has 8 rings (SSSR count). The normalized spacial score (nSPS) is 50.4. The second kappa shape index (κ2) is 15.3. The van der Waals surface area contributed by atoms with Crippen LogP contribution in [0.3, 0.4) is 0 Å². The summed E-state index contributed by atoms with van der Waals surface area (Å²) in [6, 6.07) is 0. The summed E-state index contributed by atoms with van der Waals surface area (Å²) in [7, 11) is 1.64. The molecule has 11 heteroatoms. The highest BCUT2D eigenvalue weighted by molar-refractivity contribution is 5.79. The van der Waals surface area contributed by atoms with E-state index < -0.39 is 12.4 Å². The molecule has 8 saturated heterocycles. The van der Waals surface area contributed by atoms with E-state index in [-0.39, 0.29) is 122 Å². The third-order valence-electron chi connectivity index (χ3n) is 13.2. The predicted octanol–water partition coefficient (Wildman–Crippen LogP) is 4.95. The molecule has 0 aromatic carbocycles. The molecule has 8 fully saturated rings. The van der Waals surface area contributed by atoms with E-state index in [2.05, 4.69) is 27.0 Å². The summed E-state index contributed by atoms with van der Waals surface area (Å²) in [6.07, 6.45) is 5.85. The van der Waals surface area contributed by atoms with Crippen LogP contribution in [0.25, 0.3) is 0 Å². The van der Waals surface area contributed by atoms with Crippen LogP contribution in [0.1, 0.15) is 97.3 Å². The van der Waals surface area contributed by atoms with Gasteiger partial charge in [-0.1, -0.05) is 27.0 Å². The lowest BCUT2D eigenvalue weighted by atomic mass is 9.81. The fourth-order valence-corrected chi connectivity index (χ4v) is 10.5. The van der Waals surface area contributed by atoms with Crippen molar-refractivity contribution in [1.82, 2.24) is 0 Å². The Morgan fingerprint density at radius 1 is 0.706 bits per heavy atom. The van der Waals surface area contributed by atoms with Crippen LogP contribution in [0.5, 0.6) is 0 Å². The predicted molar refractivity (Wildman–Crippen MR) is 184 cm³/mol. The highest BCUT2D eigenvalue weighted by Crippen LogP contribution is 2.46. The van der Waals surface area contributed by atoms with Gasteiger partial charge < -0.3 is 47.4 Å². The van der Waals surface area contributed by atoms with E-state index in [4.69, 9.17) is 42.6 Å². The van der Waals surface area contributed by atoms with Gasteiger partial charge in [0, 0.05) is 45.1 Å². The molecule has 51 heavy (non-hydrogen) atoms. The SMILES string of the molecule is C=C1C(C)CC2CC[C@@H]3O[C@@H](CC[C@H]4OC5C(CC)OC6C(O4)[C@H]4OC(CCC4O[C@@H]56)CC(=O)CC4C(CC1O2)OC(CC=O)[C@@H]4OC)CC3=C. The molecule has 0 saturated carbocycles. The van der Waals surface area contributed by atoms with Crippen LogP contribution in [0.2, 0.25) is 0 Å². The Kier molecular flexibility index (Phi) is 10.9. The van der Waals surface area contributed by atoms with Crippen LogP contribution in [0, 0.1) is 11.8 Å². The van der Waals surface area contributed by atoms with Crippen molar-refractivity contribution < 1.29 is 52.2 Å². The van der Waals surface area contributed by atoms with Crippen molar-refractivity contribution in [2.75, 3.05) is 7.11 Å². The van der Waals surface area contributed by atoms with Gasteiger partial charge in [-0.25, -0.2) is 0 Å². The van der Waals surface area contributed by atoms with Crippen LogP contribution >= 0.6 is 0 Å². The van der Waals surface area contributed by atoms with Gasteiger partial charge in [-0.05, 0) is 68.4 Å². The molecule has 11 nitrogen and oxygen atoms in total. The minimum atomic E-state index is -0.432. The summed E-state index contributed by atoms with van der Waals surface area (Å²) in [4.78, 5) is 25.6. The number of Topliss-reactive ketones (excluding diaryl/α,β-unsaturated/α-hetero) is 1. The number of methoxy groups -OCH3 is 1. The lowest BCUT2D eigenvalue weighted by Crippen LogP contribution is -2.61. The molecule has 18 atom stereocenters. The maximum atomic E-state index is 14.0. The fraction of sp³-hybridized carbons (Fsp3) is 0.850. The van der Waals surface area contributed by atoms with Crippen molar-refractivity contribution in [2.24, 2.45) is 11.8 Å². The fourth-order valence-electron chi connectivity index (χ4n) is 10.5. The summed E-state index contributed by atoms with van der Waals surface area (Å²) in [6.45, 7) is 13.2. The van der Waals surface area contributed by atoms with E-state index in [1.165, 1.54) is 0 Å².